The van der Waals surface area contributed by atoms with Crippen molar-refractivity contribution in [2.24, 2.45) is 0 Å². The zero-order valence-electron chi connectivity index (χ0n) is 22.8. The number of phenols is 1. The van der Waals surface area contributed by atoms with Crippen LogP contribution in [0.25, 0.3) is 0 Å². The number of carbonyl (C=O) groups is 4. The second-order valence-electron chi connectivity index (χ2n) is 10.6. The number of hydrogen-bond donors (Lipinski definition) is 2. The summed E-state index contributed by atoms with van der Waals surface area (Å²) in [5.74, 6) is -2.09. The van der Waals surface area contributed by atoms with Gasteiger partial charge in [0.1, 0.15) is 23.7 Å². The summed E-state index contributed by atoms with van der Waals surface area (Å²) in [5.41, 5.74) is 2.14. The van der Waals surface area contributed by atoms with Gasteiger partial charge in [-0.1, -0.05) is 18.2 Å². The van der Waals surface area contributed by atoms with E-state index in [0.29, 0.717) is 17.5 Å². The molecule has 0 bridgehead atoms. The van der Waals surface area contributed by atoms with Gasteiger partial charge in [-0.3, -0.25) is 19.2 Å². The van der Waals surface area contributed by atoms with Crippen molar-refractivity contribution >= 4 is 29.2 Å². The van der Waals surface area contributed by atoms with Gasteiger partial charge < -0.3 is 25.1 Å². The molecule has 3 aromatic carbocycles. The van der Waals surface area contributed by atoms with Crippen LogP contribution < -0.4 is 10.2 Å². The lowest BCUT2D eigenvalue weighted by Crippen LogP contribution is -2.53. The van der Waals surface area contributed by atoms with Crippen LogP contribution in [-0.4, -0.2) is 83.7 Å². The van der Waals surface area contributed by atoms with Crippen LogP contribution in [0.5, 0.6) is 5.75 Å². The van der Waals surface area contributed by atoms with Gasteiger partial charge in [0.25, 0.3) is 11.8 Å². The average molecular weight is 559 g/mol. The first-order valence-corrected chi connectivity index (χ1v) is 13.4. The average Bonchev–Trinajstić information content (AvgIpc) is 3.54. The molecule has 2 aliphatic rings. The fourth-order valence-electron chi connectivity index (χ4n) is 5.55. The first kappa shape index (κ1) is 27.8. The molecule has 41 heavy (non-hydrogen) atoms. The number of carbonyl (C=O) groups excluding carboxylic acids is 4. The number of fused-ring (bicyclic) bond motifs is 1. The molecule has 212 valence electrons. The number of phenolic OH excluding ortho intramolecular Hbond substituents is 1. The third-order valence-corrected chi connectivity index (χ3v) is 7.66. The highest BCUT2D eigenvalue weighted by Gasteiger charge is 2.52. The number of anilines is 1. The van der Waals surface area contributed by atoms with Crippen molar-refractivity contribution in [1.82, 2.24) is 15.1 Å². The maximum Gasteiger partial charge on any atom is 0.254 e. The number of nitrogens with one attached hydrogen (secondary N) is 1. The Hall–Kier alpha value is -4.73. The van der Waals surface area contributed by atoms with E-state index in [9.17, 15) is 28.7 Å². The maximum absolute atomic E-state index is 14.0. The van der Waals surface area contributed by atoms with Crippen molar-refractivity contribution in [3.05, 3.63) is 95.3 Å². The zero-order chi connectivity index (χ0) is 29.3. The molecule has 10 heteroatoms. The first-order valence-electron chi connectivity index (χ1n) is 13.4. The van der Waals surface area contributed by atoms with Gasteiger partial charge in [0.15, 0.2) is 5.78 Å². The van der Waals surface area contributed by atoms with Crippen LogP contribution in [0, 0.1) is 5.82 Å². The Balaban J connectivity index is 1.37. The van der Waals surface area contributed by atoms with Crippen molar-refractivity contribution in [2.75, 3.05) is 32.1 Å². The molecule has 3 unspecified atom stereocenters. The van der Waals surface area contributed by atoms with Gasteiger partial charge in [0, 0.05) is 43.9 Å². The van der Waals surface area contributed by atoms with E-state index in [2.05, 4.69) is 5.32 Å². The van der Waals surface area contributed by atoms with E-state index in [1.165, 1.54) is 40.1 Å². The number of amides is 3. The smallest absolute Gasteiger partial charge is 0.254 e. The van der Waals surface area contributed by atoms with Gasteiger partial charge in [-0.2, -0.15) is 0 Å². The van der Waals surface area contributed by atoms with E-state index in [0.717, 1.165) is 11.8 Å². The molecule has 0 saturated carbocycles. The van der Waals surface area contributed by atoms with E-state index in [4.69, 9.17) is 0 Å². The summed E-state index contributed by atoms with van der Waals surface area (Å²) in [6.45, 7) is 0.0496. The van der Waals surface area contributed by atoms with Crippen LogP contribution in [0.1, 0.15) is 32.7 Å². The summed E-state index contributed by atoms with van der Waals surface area (Å²) in [6.07, 6.45) is 0.518. The van der Waals surface area contributed by atoms with Crippen LogP contribution in [0.2, 0.25) is 0 Å². The summed E-state index contributed by atoms with van der Waals surface area (Å²) >= 11 is 0. The summed E-state index contributed by atoms with van der Waals surface area (Å²) < 4.78 is 13.8. The van der Waals surface area contributed by atoms with Gasteiger partial charge in [-0.15, -0.1) is 0 Å². The predicted molar refractivity (Wildman–Crippen MR) is 150 cm³/mol. The Kier molecular flexibility index (Phi) is 7.74. The summed E-state index contributed by atoms with van der Waals surface area (Å²) in [5, 5.41) is 12.5. The van der Waals surface area contributed by atoms with Gasteiger partial charge >= 0.3 is 0 Å². The van der Waals surface area contributed by atoms with Crippen molar-refractivity contribution in [2.45, 2.75) is 31.0 Å². The first-order chi connectivity index (χ1) is 19.6. The number of halogens is 1. The van der Waals surface area contributed by atoms with Crippen molar-refractivity contribution < 1.29 is 28.7 Å². The molecule has 2 heterocycles. The SMILES string of the molecule is CN(C)c1ccc(C(=O)NC(Cc2ccc(O)cc2)C(=O)N2CCC3C2C(=O)CN3C(=O)c2cccc(F)c2)cc1. The molecule has 3 amide bonds. The molecule has 0 aromatic heterocycles. The van der Waals surface area contributed by atoms with Crippen LogP contribution in [0.3, 0.4) is 0 Å². The Labute approximate surface area is 237 Å². The minimum atomic E-state index is -1.000. The highest BCUT2D eigenvalue weighted by molar-refractivity contribution is 6.03. The number of Topliss-reactive ketones (excluding diaryl/α,β-unsaturated/α-hetero) is 1. The molecule has 2 N–H and O–H groups in total. The highest BCUT2D eigenvalue weighted by atomic mass is 19.1. The number of aromatic hydroxyl groups is 1. The number of nitrogens with zero attached hydrogens (tertiary/aromatic N) is 3. The highest BCUT2D eigenvalue weighted by Crippen LogP contribution is 2.32. The molecule has 3 atom stereocenters. The van der Waals surface area contributed by atoms with E-state index in [1.54, 1.807) is 36.4 Å². The number of likely N-dealkylation sites (tertiary alicyclic amines) is 2. The Bertz CT molecular complexity index is 1470. The lowest BCUT2D eigenvalue weighted by Gasteiger charge is -2.28. The van der Waals surface area contributed by atoms with Gasteiger partial charge in [-0.05, 0) is 66.6 Å². The van der Waals surface area contributed by atoms with Crippen molar-refractivity contribution in [3.8, 4) is 5.75 Å². The molecular formula is C31H31FN4O5. The third kappa shape index (κ3) is 5.77. The fraction of sp³-hybridized carbons (Fsp3) is 0.290. The third-order valence-electron chi connectivity index (χ3n) is 7.66. The number of rotatable bonds is 7. The molecule has 2 aliphatic heterocycles. The standard InChI is InChI=1S/C31H31FN4O5/c1-34(2)23-10-8-20(9-11-23)29(39)33-25(16-19-6-12-24(37)13-7-19)31(41)35-15-14-26-28(35)27(38)18-36(26)30(40)21-4-3-5-22(32)17-21/h3-13,17,25-26,28,37H,14-16,18H2,1-2H3,(H,33,39). The van der Waals surface area contributed by atoms with E-state index >= 15 is 0 Å². The maximum atomic E-state index is 14.0. The van der Waals surface area contributed by atoms with Gasteiger partial charge in [0.2, 0.25) is 5.91 Å². The summed E-state index contributed by atoms with van der Waals surface area (Å²) in [4.78, 5) is 58.3. The van der Waals surface area contributed by atoms with Crippen LogP contribution in [-0.2, 0) is 16.0 Å². The molecule has 9 nitrogen and oxygen atoms in total. The Morgan fingerprint density at radius 2 is 1.71 bits per heavy atom. The summed E-state index contributed by atoms with van der Waals surface area (Å²) in [6, 6.07) is 16.2. The summed E-state index contributed by atoms with van der Waals surface area (Å²) in [7, 11) is 3.78. The van der Waals surface area contributed by atoms with Gasteiger partial charge in [0.05, 0.1) is 12.6 Å². The number of benzene rings is 3. The predicted octanol–water partition coefficient (Wildman–Crippen LogP) is 2.63. The Morgan fingerprint density at radius 3 is 2.37 bits per heavy atom. The molecule has 2 saturated heterocycles. The second kappa shape index (κ2) is 11.4. The second-order valence-corrected chi connectivity index (χ2v) is 10.6. The molecule has 0 radical (unpaired) electrons. The van der Waals surface area contributed by atoms with Crippen molar-refractivity contribution in [3.63, 3.8) is 0 Å². The van der Waals surface area contributed by atoms with Crippen LogP contribution in [0.4, 0.5) is 10.1 Å². The molecular weight excluding hydrogens is 527 g/mol. The lowest BCUT2D eigenvalue weighted by atomic mass is 10.0. The van der Waals surface area contributed by atoms with E-state index < -0.39 is 41.7 Å². The monoisotopic (exact) mass is 558 g/mol. The van der Waals surface area contributed by atoms with Crippen LogP contribution in [0.15, 0.2) is 72.8 Å². The van der Waals surface area contributed by atoms with Gasteiger partial charge in [-0.25, -0.2) is 4.39 Å². The number of ketones is 1. The van der Waals surface area contributed by atoms with Crippen LogP contribution >= 0.6 is 0 Å². The molecule has 2 fully saturated rings. The molecule has 0 spiro atoms. The molecule has 5 rings (SSSR count). The largest absolute Gasteiger partial charge is 0.508 e. The quantitative estimate of drug-likeness (QED) is 0.462. The minimum absolute atomic E-state index is 0.0728. The fourth-order valence-corrected chi connectivity index (χ4v) is 5.55. The zero-order valence-corrected chi connectivity index (χ0v) is 22.8. The molecule has 3 aromatic rings. The topological polar surface area (TPSA) is 110 Å². The molecule has 0 aliphatic carbocycles. The van der Waals surface area contributed by atoms with E-state index in [1.807, 2.05) is 19.0 Å². The van der Waals surface area contributed by atoms with E-state index in [-0.39, 0.29) is 36.6 Å². The normalized spacial score (nSPS) is 18.7. The lowest BCUT2D eigenvalue weighted by molar-refractivity contribution is -0.138. The minimum Gasteiger partial charge on any atom is -0.508 e. The number of hydrogen-bond acceptors (Lipinski definition) is 6. The van der Waals surface area contributed by atoms with Crippen molar-refractivity contribution in [1.29, 1.82) is 0 Å². The Morgan fingerprint density at radius 1 is 1.00 bits per heavy atom.